The molecule has 122 valence electrons. The molecule has 0 aliphatic heterocycles. The first-order chi connectivity index (χ1) is 9.76. The molecule has 0 bridgehead atoms. The second kappa shape index (κ2) is 12.6. The molecule has 0 aliphatic rings. The Balaban J connectivity index is 0. The van der Waals surface area contributed by atoms with Crippen molar-refractivity contribution in [3.05, 3.63) is 55.5 Å². The van der Waals surface area contributed by atoms with Crippen LogP contribution in [0.4, 0.5) is 0 Å². The van der Waals surface area contributed by atoms with E-state index in [2.05, 4.69) is 9.97 Å². The topological polar surface area (TPSA) is 94.0 Å². The minimum atomic E-state index is 0. The van der Waals surface area contributed by atoms with Crippen molar-refractivity contribution in [1.29, 1.82) is 5.26 Å². The molecule has 2 N–H and O–H groups in total. The van der Waals surface area contributed by atoms with Crippen LogP contribution < -0.4 is 15.2 Å². The average molecular weight is 346 g/mol. The molecule has 0 radical (unpaired) electrons. The van der Waals surface area contributed by atoms with Crippen LogP contribution >= 0.6 is 0 Å². The van der Waals surface area contributed by atoms with Crippen molar-refractivity contribution in [2.24, 2.45) is 5.73 Å². The number of aromatic nitrogens is 2. The summed E-state index contributed by atoms with van der Waals surface area (Å²) in [6.45, 7) is 0.492. The van der Waals surface area contributed by atoms with Gasteiger partial charge in [0.05, 0.1) is 32.2 Å². The van der Waals surface area contributed by atoms with E-state index in [-0.39, 0.29) is 23.9 Å². The molecule has 0 unspecified atom stereocenters. The summed E-state index contributed by atoms with van der Waals surface area (Å²) >= 11 is 0. The predicted molar refractivity (Wildman–Crippen MR) is 80.6 cm³/mol. The Bertz CT molecular complexity index is 565. The molecule has 22 heavy (non-hydrogen) atoms. The van der Waals surface area contributed by atoms with Crippen molar-refractivity contribution in [1.82, 2.24) is 9.97 Å². The van der Waals surface area contributed by atoms with Gasteiger partial charge in [-0.2, -0.15) is 5.26 Å². The Labute approximate surface area is 141 Å². The van der Waals surface area contributed by atoms with E-state index < -0.39 is 0 Å². The van der Waals surface area contributed by atoms with Crippen LogP contribution in [0.2, 0.25) is 0 Å². The van der Waals surface area contributed by atoms with Crippen LogP contribution in [0.1, 0.15) is 11.1 Å². The zero-order valence-electron chi connectivity index (χ0n) is 12.7. The number of rotatable bonds is 3. The van der Waals surface area contributed by atoms with E-state index in [1.165, 1.54) is 13.3 Å². The van der Waals surface area contributed by atoms with Gasteiger partial charge in [-0.25, -0.2) is 0 Å². The number of nitriles is 1. The van der Waals surface area contributed by atoms with Gasteiger partial charge in [-0.15, -0.1) is 0 Å². The summed E-state index contributed by atoms with van der Waals surface area (Å²) in [6, 6.07) is 5.44. The molecule has 0 amide bonds. The fourth-order valence-corrected chi connectivity index (χ4v) is 1.40. The van der Waals surface area contributed by atoms with Gasteiger partial charge in [-0.05, 0) is 12.1 Å². The summed E-state index contributed by atoms with van der Waals surface area (Å²) in [7, 11) is 3.12. The number of pyridine rings is 2. The molecule has 2 aromatic rings. The molecule has 0 saturated carbocycles. The van der Waals surface area contributed by atoms with Gasteiger partial charge in [0.25, 0.3) is 0 Å². The van der Waals surface area contributed by atoms with E-state index in [0.29, 0.717) is 17.9 Å². The van der Waals surface area contributed by atoms with Crippen LogP contribution in [0.5, 0.6) is 11.5 Å². The molecule has 0 aromatic carbocycles. The standard InChI is InChI=1S/C7H10N2O.C7H6N2O.CH3.Ni/c2*1-10-7-5-9-3-2-6(7)4-8;;/h2-3,5H,4,8H2,1H3;2-3,5H,1H3;1H3;/q;;-1;. The fourth-order valence-electron chi connectivity index (χ4n) is 1.40. The van der Waals surface area contributed by atoms with Crippen LogP contribution in [0, 0.1) is 18.8 Å². The Morgan fingerprint density at radius 3 is 2.05 bits per heavy atom. The number of methoxy groups -OCH3 is 2. The molecule has 2 heterocycles. The maximum Gasteiger partial charge on any atom is 0.154 e. The maximum atomic E-state index is 8.49. The molecular weight excluding hydrogens is 327 g/mol. The Kier molecular flexibility index (Phi) is 12.6. The minimum Gasteiger partial charge on any atom is -0.495 e. The second-order valence-electron chi connectivity index (χ2n) is 3.58. The van der Waals surface area contributed by atoms with Gasteiger partial charge >= 0.3 is 0 Å². The van der Waals surface area contributed by atoms with Crippen LogP contribution in [0.3, 0.4) is 0 Å². The van der Waals surface area contributed by atoms with Crippen LogP contribution in [-0.4, -0.2) is 24.2 Å². The number of hydrogen-bond acceptors (Lipinski definition) is 6. The van der Waals surface area contributed by atoms with Gasteiger partial charge in [0.1, 0.15) is 11.8 Å². The molecule has 2 aromatic heterocycles. The van der Waals surface area contributed by atoms with Gasteiger partial charge < -0.3 is 22.6 Å². The molecule has 2 rings (SSSR count). The Morgan fingerprint density at radius 1 is 1.09 bits per heavy atom. The maximum absolute atomic E-state index is 8.49. The quantitative estimate of drug-likeness (QED) is 0.675. The predicted octanol–water partition coefficient (Wildman–Crippen LogP) is 1.96. The number of hydrogen-bond donors (Lipinski definition) is 1. The van der Waals surface area contributed by atoms with E-state index in [0.717, 1.165) is 11.3 Å². The van der Waals surface area contributed by atoms with Gasteiger partial charge in [0.15, 0.2) is 5.75 Å². The monoisotopic (exact) mass is 345 g/mol. The van der Waals surface area contributed by atoms with E-state index in [1.807, 2.05) is 12.1 Å². The SMILES string of the molecule is COc1cnccc1C#N.COc1cnccc1CN.[CH3-].[Ni]. The Morgan fingerprint density at radius 2 is 1.64 bits per heavy atom. The number of nitrogens with two attached hydrogens (primary N) is 1. The fraction of sp³-hybridized carbons (Fsp3) is 0.200. The van der Waals surface area contributed by atoms with E-state index in [4.69, 9.17) is 20.5 Å². The Hall–Kier alpha value is -2.16. The van der Waals surface area contributed by atoms with Crippen molar-refractivity contribution < 1.29 is 26.0 Å². The molecule has 0 aliphatic carbocycles. The third-order valence-electron chi connectivity index (χ3n) is 2.43. The first-order valence-corrected chi connectivity index (χ1v) is 5.81. The first kappa shape index (κ1) is 22.1. The second-order valence-corrected chi connectivity index (χ2v) is 3.58. The van der Waals surface area contributed by atoms with Gasteiger partial charge in [0, 0.05) is 41.0 Å². The van der Waals surface area contributed by atoms with Gasteiger partial charge in [0.2, 0.25) is 0 Å². The van der Waals surface area contributed by atoms with Crippen molar-refractivity contribution in [3.63, 3.8) is 0 Å². The molecule has 0 fully saturated rings. The third-order valence-corrected chi connectivity index (χ3v) is 2.43. The largest absolute Gasteiger partial charge is 0.495 e. The third kappa shape index (κ3) is 6.53. The summed E-state index contributed by atoms with van der Waals surface area (Å²) in [5, 5.41) is 8.49. The molecule has 0 saturated heterocycles. The average Bonchev–Trinajstić information content (AvgIpc) is 2.55. The summed E-state index contributed by atoms with van der Waals surface area (Å²) in [6.07, 6.45) is 6.42. The van der Waals surface area contributed by atoms with Crippen molar-refractivity contribution in [2.45, 2.75) is 6.54 Å². The van der Waals surface area contributed by atoms with Crippen molar-refractivity contribution >= 4 is 0 Å². The summed E-state index contributed by atoms with van der Waals surface area (Å²) in [5.74, 6) is 1.27. The zero-order chi connectivity index (χ0) is 14.8. The van der Waals surface area contributed by atoms with Crippen LogP contribution in [0.15, 0.2) is 36.9 Å². The molecule has 0 atom stereocenters. The minimum absolute atomic E-state index is 0. The van der Waals surface area contributed by atoms with Crippen molar-refractivity contribution in [3.8, 4) is 17.6 Å². The first-order valence-electron chi connectivity index (χ1n) is 5.81. The smallest absolute Gasteiger partial charge is 0.154 e. The van der Waals surface area contributed by atoms with Crippen LogP contribution in [0.25, 0.3) is 0 Å². The van der Waals surface area contributed by atoms with E-state index in [1.54, 1.807) is 31.8 Å². The molecule has 0 spiro atoms. The normalized spacial score (nSPS) is 8.09. The zero-order valence-corrected chi connectivity index (χ0v) is 13.7. The van der Waals surface area contributed by atoms with Gasteiger partial charge in [-0.1, -0.05) is 0 Å². The van der Waals surface area contributed by atoms with Gasteiger partial charge in [-0.3, -0.25) is 9.97 Å². The molecular formula is C15H19N4NiO2-. The summed E-state index contributed by atoms with van der Waals surface area (Å²) in [4.78, 5) is 7.67. The van der Waals surface area contributed by atoms with E-state index >= 15 is 0 Å². The summed E-state index contributed by atoms with van der Waals surface area (Å²) < 4.78 is 9.84. The van der Waals surface area contributed by atoms with Crippen molar-refractivity contribution in [2.75, 3.05) is 14.2 Å². The van der Waals surface area contributed by atoms with E-state index in [9.17, 15) is 0 Å². The number of nitrogens with zero attached hydrogens (tertiary/aromatic N) is 3. The molecule has 6 nitrogen and oxygen atoms in total. The molecule has 7 heteroatoms. The van der Waals surface area contributed by atoms with Crippen LogP contribution in [-0.2, 0) is 23.0 Å². The number of ether oxygens (including phenoxy) is 2. The summed E-state index contributed by atoms with van der Waals surface area (Å²) in [5.41, 5.74) is 6.91.